The molecule has 1 aliphatic rings. The Bertz CT molecular complexity index is 436. The molecule has 1 aromatic heterocycles. The molecule has 5 nitrogen and oxygen atoms in total. The van der Waals surface area contributed by atoms with Gasteiger partial charge in [0, 0.05) is 24.7 Å². The van der Waals surface area contributed by atoms with E-state index < -0.39 is 5.60 Å². The number of carbonyl (C=O) groups is 1. The van der Waals surface area contributed by atoms with Crippen LogP contribution in [-0.2, 0) is 17.7 Å². The van der Waals surface area contributed by atoms with Gasteiger partial charge < -0.3 is 9.64 Å². The summed E-state index contributed by atoms with van der Waals surface area (Å²) in [5.41, 5.74) is 1.66. The van der Waals surface area contributed by atoms with Gasteiger partial charge in [-0.3, -0.25) is 0 Å². The Morgan fingerprint density at radius 3 is 2.88 bits per heavy atom. The quantitative estimate of drug-likeness (QED) is 0.739. The van der Waals surface area contributed by atoms with Crippen LogP contribution in [0.15, 0.2) is 6.20 Å². The molecule has 0 spiro atoms. The van der Waals surface area contributed by atoms with Gasteiger partial charge in [0.2, 0.25) is 0 Å². The summed E-state index contributed by atoms with van der Waals surface area (Å²) >= 11 is 3.27. The predicted octanol–water partition coefficient (Wildman–Crippen LogP) is 2.33. The number of carbonyl (C=O) groups excluding carboxylic acids is 1. The Morgan fingerprint density at radius 1 is 1.53 bits per heavy atom. The Kier molecular flexibility index (Phi) is 3.16. The van der Waals surface area contributed by atoms with E-state index in [2.05, 4.69) is 21.2 Å². The van der Waals surface area contributed by atoms with Crippen molar-refractivity contribution in [2.75, 3.05) is 6.54 Å². The number of aromatic nitrogens is 2. The van der Waals surface area contributed by atoms with Gasteiger partial charge in [-0.15, -0.1) is 0 Å². The Balaban J connectivity index is 2.05. The number of amides is 1. The van der Waals surface area contributed by atoms with E-state index >= 15 is 0 Å². The second kappa shape index (κ2) is 4.33. The summed E-state index contributed by atoms with van der Waals surface area (Å²) in [6.07, 6.45) is 2.39. The van der Waals surface area contributed by atoms with Gasteiger partial charge in [0.25, 0.3) is 0 Å². The summed E-state index contributed by atoms with van der Waals surface area (Å²) in [7, 11) is 0. The number of halogens is 1. The first kappa shape index (κ1) is 12.4. The second-order valence-electron chi connectivity index (χ2n) is 5.14. The largest absolute Gasteiger partial charge is 0.444 e. The van der Waals surface area contributed by atoms with Crippen molar-refractivity contribution in [3.05, 3.63) is 17.5 Å². The zero-order valence-electron chi connectivity index (χ0n) is 10.2. The van der Waals surface area contributed by atoms with Crippen molar-refractivity contribution in [2.24, 2.45) is 0 Å². The molecular formula is C11H16BrN3O2. The fourth-order valence-electron chi connectivity index (χ4n) is 1.76. The van der Waals surface area contributed by atoms with Crippen molar-refractivity contribution in [1.29, 1.82) is 0 Å². The lowest BCUT2D eigenvalue weighted by molar-refractivity contribution is 0.0223. The minimum Gasteiger partial charge on any atom is -0.444 e. The van der Waals surface area contributed by atoms with Crippen LogP contribution in [-0.4, -0.2) is 31.9 Å². The van der Waals surface area contributed by atoms with Crippen molar-refractivity contribution in [3.63, 3.8) is 0 Å². The van der Waals surface area contributed by atoms with Crippen LogP contribution in [0.2, 0.25) is 0 Å². The van der Waals surface area contributed by atoms with Gasteiger partial charge >= 0.3 is 6.09 Å². The summed E-state index contributed by atoms with van der Waals surface area (Å²) in [5.74, 6) is 0. The molecule has 0 bridgehead atoms. The van der Waals surface area contributed by atoms with E-state index in [-0.39, 0.29) is 6.09 Å². The van der Waals surface area contributed by atoms with Crippen LogP contribution in [0.1, 0.15) is 32.0 Å². The van der Waals surface area contributed by atoms with Gasteiger partial charge in [0.05, 0.1) is 28.4 Å². The monoisotopic (exact) mass is 301 g/mol. The van der Waals surface area contributed by atoms with Crippen molar-refractivity contribution in [1.82, 2.24) is 13.7 Å². The number of nitrogens with zero attached hydrogens (tertiary/aromatic N) is 3. The van der Waals surface area contributed by atoms with E-state index in [9.17, 15) is 4.79 Å². The molecule has 1 aliphatic heterocycles. The van der Waals surface area contributed by atoms with Crippen LogP contribution in [0.25, 0.3) is 0 Å². The van der Waals surface area contributed by atoms with E-state index in [4.69, 9.17) is 4.74 Å². The molecule has 0 N–H and O–H groups in total. The van der Waals surface area contributed by atoms with Crippen LogP contribution >= 0.6 is 16.1 Å². The number of hydrogen-bond donors (Lipinski definition) is 0. The number of fused-ring (bicyclic) bond motifs is 1. The average Bonchev–Trinajstić information content (AvgIpc) is 2.53. The third-order valence-corrected chi connectivity index (χ3v) is 2.84. The molecule has 6 heteroatoms. The highest BCUT2D eigenvalue weighted by atomic mass is 79.9. The Hall–Kier alpha value is -1.04. The topological polar surface area (TPSA) is 47.4 Å². The number of rotatable bonds is 0. The molecule has 0 saturated heterocycles. The van der Waals surface area contributed by atoms with Crippen molar-refractivity contribution >= 4 is 22.2 Å². The van der Waals surface area contributed by atoms with Gasteiger partial charge in [-0.05, 0) is 20.8 Å². The highest BCUT2D eigenvalue weighted by molar-refractivity contribution is 9.08. The van der Waals surface area contributed by atoms with Gasteiger partial charge in [-0.2, -0.15) is 5.10 Å². The lowest BCUT2D eigenvalue weighted by Gasteiger charge is -2.29. The summed E-state index contributed by atoms with van der Waals surface area (Å²) in [6, 6.07) is 0. The van der Waals surface area contributed by atoms with E-state index in [1.54, 1.807) is 8.61 Å². The molecule has 2 rings (SSSR count). The molecule has 0 aromatic carbocycles. The zero-order valence-corrected chi connectivity index (χ0v) is 11.8. The molecule has 0 saturated carbocycles. The minimum absolute atomic E-state index is 0.259. The highest BCUT2D eigenvalue weighted by Crippen LogP contribution is 2.20. The van der Waals surface area contributed by atoms with E-state index in [0.717, 1.165) is 17.7 Å². The fraction of sp³-hybridized carbons (Fsp3) is 0.636. The fourth-order valence-corrected chi connectivity index (χ4v) is 2.20. The summed E-state index contributed by atoms with van der Waals surface area (Å²) in [4.78, 5) is 13.6. The number of hydrogen-bond acceptors (Lipinski definition) is 3. The summed E-state index contributed by atoms with van der Waals surface area (Å²) in [6.45, 7) is 6.84. The average molecular weight is 302 g/mol. The second-order valence-corrected chi connectivity index (χ2v) is 5.87. The zero-order chi connectivity index (χ0) is 12.6. The third kappa shape index (κ3) is 3.00. The minimum atomic E-state index is -0.447. The maximum absolute atomic E-state index is 11.9. The summed E-state index contributed by atoms with van der Waals surface area (Å²) in [5, 5.41) is 4.27. The van der Waals surface area contributed by atoms with Crippen molar-refractivity contribution < 1.29 is 9.53 Å². The molecule has 1 aromatic rings. The molecule has 0 unspecified atom stereocenters. The van der Waals surface area contributed by atoms with Crippen molar-refractivity contribution in [3.8, 4) is 0 Å². The molecule has 94 valence electrons. The molecule has 1 amide bonds. The van der Waals surface area contributed by atoms with Crippen molar-refractivity contribution in [2.45, 2.75) is 39.3 Å². The van der Waals surface area contributed by atoms with Crippen LogP contribution in [0.4, 0.5) is 4.79 Å². The molecule has 0 aliphatic carbocycles. The number of ether oxygens (including phenoxy) is 1. The van der Waals surface area contributed by atoms with E-state index in [1.165, 1.54) is 0 Å². The van der Waals surface area contributed by atoms with Crippen LogP contribution in [0, 0.1) is 0 Å². The smallest absolute Gasteiger partial charge is 0.410 e. The maximum Gasteiger partial charge on any atom is 0.410 e. The highest BCUT2D eigenvalue weighted by Gasteiger charge is 2.27. The molecule has 17 heavy (non-hydrogen) atoms. The lowest BCUT2D eigenvalue weighted by atomic mass is 10.1. The Labute approximate surface area is 109 Å². The SMILES string of the molecule is CC(C)(C)OC(=O)N1CCc2nn(Br)cc2C1. The van der Waals surface area contributed by atoms with Gasteiger partial charge in [-0.1, -0.05) is 0 Å². The van der Waals surface area contributed by atoms with Gasteiger partial charge in [0.15, 0.2) is 0 Å². The standard InChI is InChI=1S/C11H16BrN3O2/c1-11(2,3)17-10(16)14-5-4-9-8(6-14)7-15(12)13-9/h7H,4-6H2,1-3H3. The molecule has 2 heterocycles. The first-order valence-electron chi connectivity index (χ1n) is 5.57. The van der Waals surface area contributed by atoms with Gasteiger partial charge in [0.1, 0.15) is 5.60 Å². The van der Waals surface area contributed by atoms with Crippen LogP contribution in [0.5, 0.6) is 0 Å². The van der Waals surface area contributed by atoms with Gasteiger partial charge in [-0.25, -0.2) is 8.50 Å². The van der Waals surface area contributed by atoms with Crippen LogP contribution in [0.3, 0.4) is 0 Å². The predicted molar refractivity (Wildman–Crippen MR) is 66.9 cm³/mol. The molecule has 0 atom stereocenters. The maximum atomic E-state index is 11.9. The Morgan fingerprint density at radius 2 is 2.24 bits per heavy atom. The molecular weight excluding hydrogens is 286 g/mol. The first-order valence-corrected chi connectivity index (χ1v) is 6.27. The summed E-state index contributed by atoms with van der Waals surface area (Å²) < 4.78 is 6.95. The molecule has 0 radical (unpaired) electrons. The lowest BCUT2D eigenvalue weighted by Crippen LogP contribution is -2.39. The third-order valence-electron chi connectivity index (χ3n) is 2.48. The first-order chi connectivity index (χ1) is 7.85. The molecule has 0 fully saturated rings. The normalized spacial score (nSPS) is 15.6. The van der Waals surface area contributed by atoms with Crippen LogP contribution < -0.4 is 0 Å². The van der Waals surface area contributed by atoms with E-state index in [1.807, 2.05) is 27.0 Å². The van der Waals surface area contributed by atoms with E-state index in [0.29, 0.717) is 13.1 Å².